The van der Waals surface area contributed by atoms with Gasteiger partial charge < -0.3 is 0 Å². The first-order chi connectivity index (χ1) is 10.8. The van der Waals surface area contributed by atoms with Crippen LogP contribution < -0.4 is 5.43 Å². The Morgan fingerprint density at radius 3 is 2.50 bits per heavy atom. The molecule has 0 heterocycles. The summed E-state index contributed by atoms with van der Waals surface area (Å²) in [5, 5.41) is 6.65. The van der Waals surface area contributed by atoms with E-state index in [9.17, 15) is 4.79 Å². The molecule has 3 rings (SSSR count). The summed E-state index contributed by atoms with van der Waals surface area (Å²) >= 11 is 0. The summed E-state index contributed by atoms with van der Waals surface area (Å²) in [5.41, 5.74) is 4.94. The molecule has 1 saturated carbocycles. The zero-order valence-electron chi connectivity index (χ0n) is 12.8. The summed E-state index contributed by atoms with van der Waals surface area (Å²) in [5.74, 6) is -0.0342. The third-order valence-electron chi connectivity index (χ3n) is 4.25. The van der Waals surface area contributed by atoms with E-state index in [2.05, 4.69) is 28.7 Å². The molecule has 0 aromatic heterocycles. The van der Waals surface area contributed by atoms with E-state index in [1.807, 2.05) is 24.3 Å². The number of amides is 1. The Morgan fingerprint density at radius 1 is 0.955 bits per heavy atom. The molecule has 3 heteroatoms. The lowest BCUT2D eigenvalue weighted by molar-refractivity contribution is -0.120. The van der Waals surface area contributed by atoms with Crippen molar-refractivity contribution in [1.82, 2.24) is 5.43 Å². The number of fused-ring (bicyclic) bond motifs is 1. The van der Waals surface area contributed by atoms with E-state index in [0.29, 0.717) is 6.42 Å². The second-order valence-electron chi connectivity index (χ2n) is 5.94. The molecule has 1 N–H and O–H groups in total. The molecule has 2 aromatic rings. The van der Waals surface area contributed by atoms with E-state index in [1.54, 1.807) is 0 Å². The van der Waals surface area contributed by atoms with Gasteiger partial charge in [-0.1, -0.05) is 55.3 Å². The maximum Gasteiger partial charge on any atom is 0.244 e. The van der Waals surface area contributed by atoms with Crippen LogP contribution in [0.15, 0.2) is 47.6 Å². The minimum absolute atomic E-state index is 0.0342. The third-order valence-corrected chi connectivity index (χ3v) is 4.25. The molecule has 3 nitrogen and oxygen atoms in total. The quantitative estimate of drug-likeness (QED) is 0.668. The van der Waals surface area contributed by atoms with E-state index in [0.717, 1.165) is 29.5 Å². The molecule has 0 unspecified atom stereocenters. The van der Waals surface area contributed by atoms with Crippen LogP contribution >= 0.6 is 0 Å². The predicted molar refractivity (Wildman–Crippen MR) is 90.9 cm³/mol. The second kappa shape index (κ2) is 7.21. The first-order valence-corrected chi connectivity index (χ1v) is 8.14. The molecule has 22 heavy (non-hydrogen) atoms. The van der Waals surface area contributed by atoms with Gasteiger partial charge >= 0.3 is 0 Å². The topological polar surface area (TPSA) is 41.5 Å². The lowest BCUT2D eigenvalue weighted by Crippen LogP contribution is -2.21. The lowest BCUT2D eigenvalue weighted by atomic mass is 10.0. The molecule has 0 bridgehead atoms. The van der Waals surface area contributed by atoms with Gasteiger partial charge in [0.05, 0.1) is 6.42 Å². The molecular weight excluding hydrogens is 272 g/mol. The fourth-order valence-electron chi connectivity index (χ4n) is 3.05. The van der Waals surface area contributed by atoms with Crippen LogP contribution in [-0.2, 0) is 11.2 Å². The minimum Gasteiger partial charge on any atom is -0.273 e. The number of benzene rings is 2. The van der Waals surface area contributed by atoms with E-state index in [4.69, 9.17) is 0 Å². The molecule has 1 aliphatic rings. The molecule has 2 aromatic carbocycles. The van der Waals surface area contributed by atoms with Crippen molar-refractivity contribution >= 4 is 22.4 Å². The van der Waals surface area contributed by atoms with Crippen LogP contribution in [0.4, 0.5) is 0 Å². The fraction of sp³-hybridized carbons (Fsp3) is 0.368. The zero-order valence-corrected chi connectivity index (χ0v) is 12.8. The number of nitrogens with one attached hydrogen (secondary N) is 1. The summed E-state index contributed by atoms with van der Waals surface area (Å²) in [6.07, 6.45) is 7.36. The van der Waals surface area contributed by atoms with Crippen molar-refractivity contribution in [2.75, 3.05) is 0 Å². The highest BCUT2D eigenvalue weighted by molar-refractivity contribution is 5.91. The average Bonchev–Trinajstić information content (AvgIpc) is 2.82. The van der Waals surface area contributed by atoms with Crippen molar-refractivity contribution < 1.29 is 4.79 Å². The van der Waals surface area contributed by atoms with Crippen LogP contribution in [0.3, 0.4) is 0 Å². The standard InChI is InChI=1S/C19H22N2O/c22-19(21-20-17-11-3-1-2-4-12-17)14-16-10-7-9-15-8-5-6-13-18(15)16/h5-10,13H,1-4,11-12,14H2,(H,21,22). The Bertz CT molecular complexity index is 675. The van der Waals surface area contributed by atoms with Crippen LogP contribution in [0.1, 0.15) is 44.1 Å². The molecule has 114 valence electrons. The van der Waals surface area contributed by atoms with Crippen LogP contribution in [0.25, 0.3) is 10.8 Å². The predicted octanol–water partition coefficient (Wildman–Crippen LogP) is 4.21. The van der Waals surface area contributed by atoms with E-state index < -0.39 is 0 Å². The summed E-state index contributed by atoms with van der Waals surface area (Å²) in [7, 11) is 0. The monoisotopic (exact) mass is 294 g/mol. The van der Waals surface area contributed by atoms with Gasteiger partial charge in [-0.25, -0.2) is 5.43 Å². The van der Waals surface area contributed by atoms with E-state index in [1.165, 1.54) is 31.1 Å². The second-order valence-corrected chi connectivity index (χ2v) is 5.94. The molecule has 0 radical (unpaired) electrons. The van der Waals surface area contributed by atoms with Crippen molar-refractivity contribution in [2.45, 2.75) is 44.9 Å². The van der Waals surface area contributed by atoms with Gasteiger partial charge in [0.25, 0.3) is 0 Å². The number of carbonyl (C=O) groups excluding carboxylic acids is 1. The van der Waals surface area contributed by atoms with Crippen LogP contribution in [0.2, 0.25) is 0 Å². The number of hydrogen-bond acceptors (Lipinski definition) is 2. The lowest BCUT2D eigenvalue weighted by Gasteiger charge is -2.07. The third kappa shape index (κ3) is 3.73. The van der Waals surface area contributed by atoms with Gasteiger partial charge in [0.1, 0.15) is 0 Å². The highest BCUT2D eigenvalue weighted by Gasteiger charge is 2.08. The van der Waals surface area contributed by atoms with E-state index in [-0.39, 0.29) is 5.91 Å². The number of hydrogen-bond donors (Lipinski definition) is 1. The van der Waals surface area contributed by atoms with Gasteiger partial charge in [0.15, 0.2) is 0 Å². The highest BCUT2D eigenvalue weighted by atomic mass is 16.2. The van der Waals surface area contributed by atoms with E-state index >= 15 is 0 Å². The summed E-state index contributed by atoms with van der Waals surface area (Å²) in [6.45, 7) is 0. The van der Waals surface area contributed by atoms with Crippen molar-refractivity contribution in [2.24, 2.45) is 5.10 Å². The number of carbonyl (C=O) groups is 1. The van der Waals surface area contributed by atoms with Gasteiger partial charge in [0, 0.05) is 5.71 Å². The van der Waals surface area contributed by atoms with Crippen molar-refractivity contribution in [3.8, 4) is 0 Å². The Hall–Kier alpha value is -2.16. The number of hydrazone groups is 1. The first-order valence-electron chi connectivity index (χ1n) is 8.14. The van der Waals surface area contributed by atoms with Gasteiger partial charge in [-0.15, -0.1) is 0 Å². The first kappa shape index (κ1) is 14.8. The van der Waals surface area contributed by atoms with Crippen LogP contribution in [-0.4, -0.2) is 11.6 Å². The average molecular weight is 294 g/mol. The molecular formula is C19H22N2O. The Balaban J connectivity index is 1.67. The minimum atomic E-state index is -0.0342. The highest BCUT2D eigenvalue weighted by Crippen LogP contribution is 2.19. The van der Waals surface area contributed by atoms with Crippen molar-refractivity contribution in [1.29, 1.82) is 0 Å². The largest absolute Gasteiger partial charge is 0.273 e. The summed E-state index contributed by atoms with van der Waals surface area (Å²) in [4.78, 5) is 12.2. The Kier molecular flexibility index (Phi) is 4.84. The molecule has 0 aliphatic heterocycles. The van der Waals surface area contributed by atoms with Gasteiger partial charge in [-0.3, -0.25) is 4.79 Å². The SMILES string of the molecule is O=C(Cc1cccc2ccccc12)NN=C1CCCCCC1. The van der Waals surface area contributed by atoms with Crippen molar-refractivity contribution in [3.63, 3.8) is 0 Å². The Morgan fingerprint density at radius 2 is 1.68 bits per heavy atom. The number of rotatable bonds is 3. The molecule has 0 saturated heterocycles. The van der Waals surface area contributed by atoms with Gasteiger partial charge in [-0.2, -0.15) is 5.10 Å². The van der Waals surface area contributed by atoms with Crippen molar-refractivity contribution in [3.05, 3.63) is 48.0 Å². The van der Waals surface area contributed by atoms with Gasteiger partial charge in [0.2, 0.25) is 5.91 Å². The van der Waals surface area contributed by atoms with Crippen LogP contribution in [0.5, 0.6) is 0 Å². The Labute approximate surface area is 131 Å². The van der Waals surface area contributed by atoms with Gasteiger partial charge in [-0.05, 0) is 42.0 Å². The summed E-state index contributed by atoms with van der Waals surface area (Å²) < 4.78 is 0. The smallest absolute Gasteiger partial charge is 0.244 e. The van der Waals surface area contributed by atoms with Crippen LogP contribution in [0, 0.1) is 0 Å². The summed E-state index contributed by atoms with van der Waals surface area (Å²) in [6, 6.07) is 14.3. The normalized spacial score (nSPS) is 15.4. The molecule has 1 fully saturated rings. The zero-order chi connectivity index (χ0) is 15.2. The fourth-order valence-corrected chi connectivity index (χ4v) is 3.05. The molecule has 0 atom stereocenters. The molecule has 1 aliphatic carbocycles. The molecule has 0 spiro atoms. The maximum atomic E-state index is 12.2. The maximum absolute atomic E-state index is 12.2. The number of nitrogens with zero attached hydrogens (tertiary/aromatic N) is 1. The molecule has 1 amide bonds.